The lowest BCUT2D eigenvalue weighted by atomic mass is 10.2. The Morgan fingerprint density at radius 3 is 2.17 bits per heavy atom. The molecule has 128 valence electrons. The average Bonchev–Trinajstić information content (AvgIpc) is 2.55. The molecule has 0 heterocycles. The highest BCUT2D eigenvalue weighted by molar-refractivity contribution is 7.91. The molecule has 2 aromatic rings. The Hall–Kier alpha value is -2.48. The lowest BCUT2D eigenvalue weighted by Gasteiger charge is -2.08. The van der Waals surface area contributed by atoms with E-state index in [1.165, 1.54) is 48.5 Å². The summed E-state index contributed by atoms with van der Waals surface area (Å²) < 4.78 is 51.8. The molecule has 0 atom stereocenters. The van der Waals surface area contributed by atoms with Crippen molar-refractivity contribution in [2.24, 2.45) is 0 Å². The highest BCUT2D eigenvalue weighted by atomic mass is 32.2. The zero-order valence-corrected chi connectivity index (χ0v) is 13.5. The van der Waals surface area contributed by atoms with Crippen molar-refractivity contribution in [1.29, 1.82) is 0 Å². The van der Waals surface area contributed by atoms with Gasteiger partial charge >= 0.3 is 6.61 Å². The summed E-state index contributed by atoms with van der Waals surface area (Å²) in [5.74, 6) is -0.508. The van der Waals surface area contributed by atoms with E-state index >= 15 is 0 Å². The smallest absolute Gasteiger partial charge is 0.387 e. The molecule has 2 rings (SSSR count). The Labute approximate surface area is 138 Å². The fourth-order valence-corrected chi connectivity index (χ4v) is 2.79. The third-order valence-electron chi connectivity index (χ3n) is 3.19. The van der Waals surface area contributed by atoms with Crippen LogP contribution in [0, 0.1) is 0 Å². The molecule has 0 spiro atoms. The standard InChI is InChI=1S/C16H15F2NO4S/c1-2-24(21,22)14-9-5-12(6-10-14)19-15(20)11-3-7-13(8-4-11)23-16(17)18/h3-10,16H,2H2,1H3,(H,19,20). The molecule has 0 fully saturated rings. The summed E-state index contributed by atoms with van der Waals surface area (Å²) >= 11 is 0. The summed E-state index contributed by atoms with van der Waals surface area (Å²) in [6.07, 6.45) is 0. The summed E-state index contributed by atoms with van der Waals surface area (Å²) in [6.45, 7) is -1.38. The van der Waals surface area contributed by atoms with Gasteiger partial charge in [-0.25, -0.2) is 8.42 Å². The molecular formula is C16H15F2NO4S. The van der Waals surface area contributed by atoms with Crippen molar-refractivity contribution in [2.45, 2.75) is 18.4 Å². The van der Waals surface area contributed by atoms with E-state index in [0.717, 1.165) is 0 Å². The predicted octanol–water partition coefficient (Wildman–Crippen LogP) is 3.33. The van der Waals surface area contributed by atoms with Crippen LogP contribution in [0.3, 0.4) is 0 Å². The van der Waals surface area contributed by atoms with Gasteiger partial charge in [0.15, 0.2) is 9.84 Å². The van der Waals surface area contributed by atoms with Gasteiger partial charge in [-0.05, 0) is 48.5 Å². The van der Waals surface area contributed by atoms with Gasteiger partial charge in [0, 0.05) is 11.3 Å². The molecule has 0 radical (unpaired) electrons. The summed E-state index contributed by atoms with van der Waals surface area (Å²) in [5, 5.41) is 2.59. The normalized spacial score (nSPS) is 11.3. The van der Waals surface area contributed by atoms with Gasteiger partial charge in [-0.1, -0.05) is 6.92 Å². The minimum Gasteiger partial charge on any atom is -0.435 e. The largest absolute Gasteiger partial charge is 0.435 e. The van der Waals surface area contributed by atoms with Crippen molar-refractivity contribution < 1.29 is 26.7 Å². The molecule has 0 aliphatic carbocycles. The Morgan fingerprint density at radius 2 is 1.67 bits per heavy atom. The van der Waals surface area contributed by atoms with Crippen LogP contribution in [0.2, 0.25) is 0 Å². The van der Waals surface area contributed by atoms with Crippen molar-refractivity contribution in [3.05, 3.63) is 54.1 Å². The molecule has 0 saturated carbocycles. The lowest BCUT2D eigenvalue weighted by Crippen LogP contribution is -2.12. The summed E-state index contributed by atoms with van der Waals surface area (Å²) in [7, 11) is -3.30. The van der Waals surface area contributed by atoms with Crippen LogP contribution in [-0.2, 0) is 9.84 Å². The van der Waals surface area contributed by atoms with Gasteiger partial charge in [-0.15, -0.1) is 0 Å². The van der Waals surface area contributed by atoms with Crippen molar-refractivity contribution in [3.8, 4) is 5.75 Å². The number of hydrogen-bond acceptors (Lipinski definition) is 4. The lowest BCUT2D eigenvalue weighted by molar-refractivity contribution is -0.0498. The maximum absolute atomic E-state index is 12.1. The number of nitrogens with one attached hydrogen (secondary N) is 1. The summed E-state index contributed by atoms with van der Waals surface area (Å²) in [4.78, 5) is 12.2. The van der Waals surface area contributed by atoms with Crippen LogP contribution in [0.5, 0.6) is 5.75 Å². The zero-order chi connectivity index (χ0) is 17.7. The average molecular weight is 355 g/mol. The number of alkyl halides is 2. The third kappa shape index (κ3) is 4.51. The Balaban J connectivity index is 2.07. The van der Waals surface area contributed by atoms with Crippen LogP contribution >= 0.6 is 0 Å². The molecule has 0 aliphatic heterocycles. The molecule has 0 bridgehead atoms. The van der Waals surface area contributed by atoms with Gasteiger partial charge < -0.3 is 10.1 Å². The zero-order valence-electron chi connectivity index (χ0n) is 12.7. The van der Waals surface area contributed by atoms with Crippen molar-refractivity contribution in [1.82, 2.24) is 0 Å². The van der Waals surface area contributed by atoms with Crippen molar-refractivity contribution >= 4 is 21.4 Å². The quantitative estimate of drug-likeness (QED) is 0.863. The first kappa shape index (κ1) is 17.9. The minimum atomic E-state index is -3.30. The predicted molar refractivity (Wildman–Crippen MR) is 85.2 cm³/mol. The van der Waals surface area contributed by atoms with Gasteiger partial charge in [0.1, 0.15) is 5.75 Å². The number of carbonyl (C=O) groups excluding carboxylic acids is 1. The first-order valence-corrected chi connectivity index (χ1v) is 8.66. The fraction of sp³-hybridized carbons (Fsp3) is 0.188. The van der Waals surface area contributed by atoms with Crippen LogP contribution in [-0.4, -0.2) is 26.7 Å². The van der Waals surface area contributed by atoms with Crippen molar-refractivity contribution in [3.63, 3.8) is 0 Å². The first-order chi connectivity index (χ1) is 11.3. The summed E-state index contributed by atoms with van der Waals surface area (Å²) in [6, 6.07) is 11.0. The van der Waals surface area contributed by atoms with Gasteiger partial charge in [-0.2, -0.15) is 8.78 Å². The van der Waals surface area contributed by atoms with Crippen LogP contribution in [0.15, 0.2) is 53.4 Å². The second-order valence-corrected chi connectivity index (χ2v) is 7.06. The fourth-order valence-electron chi connectivity index (χ4n) is 1.90. The van der Waals surface area contributed by atoms with E-state index < -0.39 is 22.4 Å². The van der Waals surface area contributed by atoms with E-state index in [-0.39, 0.29) is 22.0 Å². The number of carbonyl (C=O) groups is 1. The van der Waals surface area contributed by atoms with E-state index in [2.05, 4.69) is 10.1 Å². The topological polar surface area (TPSA) is 72.5 Å². The Morgan fingerprint density at radius 1 is 1.08 bits per heavy atom. The molecule has 2 aromatic carbocycles. The third-order valence-corrected chi connectivity index (χ3v) is 4.94. The highest BCUT2D eigenvalue weighted by Gasteiger charge is 2.12. The molecule has 5 nitrogen and oxygen atoms in total. The highest BCUT2D eigenvalue weighted by Crippen LogP contribution is 2.18. The van der Waals surface area contributed by atoms with Gasteiger partial charge in [-0.3, -0.25) is 4.79 Å². The molecule has 0 aromatic heterocycles. The number of benzene rings is 2. The second-order valence-electron chi connectivity index (χ2n) is 4.78. The SMILES string of the molecule is CCS(=O)(=O)c1ccc(NC(=O)c2ccc(OC(F)F)cc2)cc1. The number of ether oxygens (including phenoxy) is 1. The van der Waals surface area contributed by atoms with E-state index in [9.17, 15) is 22.0 Å². The monoisotopic (exact) mass is 355 g/mol. The molecule has 24 heavy (non-hydrogen) atoms. The second kappa shape index (κ2) is 7.39. The van der Waals surface area contributed by atoms with E-state index in [0.29, 0.717) is 5.69 Å². The molecular weight excluding hydrogens is 340 g/mol. The number of sulfone groups is 1. The molecule has 8 heteroatoms. The minimum absolute atomic E-state index is 0.00819. The van der Waals surface area contributed by atoms with Gasteiger partial charge in [0.25, 0.3) is 5.91 Å². The summed E-state index contributed by atoms with van der Waals surface area (Å²) in [5.41, 5.74) is 0.671. The number of halogens is 2. The van der Waals surface area contributed by atoms with Gasteiger partial charge in [0.05, 0.1) is 10.6 Å². The van der Waals surface area contributed by atoms with Crippen LogP contribution in [0.25, 0.3) is 0 Å². The van der Waals surface area contributed by atoms with Crippen LogP contribution in [0.1, 0.15) is 17.3 Å². The Kier molecular flexibility index (Phi) is 5.50. The molecule has 1 N–H and O–H groups in total. The van der Waals surface area contributed by atoms with Crippen LogP contribution in [0.4, 0.5) is 14.5 Å². The molecule has 1 amide bonds. The Bertz CT molecular complexity index is 803. The van der Waals surface area contributed by atoms with Crippen LogP contribution < -0.4 is 10.1 Å². The number of anilines is 1. The van der Waals surface area contributed by atoms with E-state index in [1.54, 1.807) is 6.92 Å². The molecule has 0 aliphatic rings. The number of amides is 1. The van der Waals surface area contributed by atoms with E-state index in [4.69, 9.17) is 0 Å². The number of hydrogen-bond donors (Lipinski definition) is 1. The van der Waals surface area contributed by atoms with Gasteiger partial charge in [0.2, 0.25) is 0 Å². The van der Waals surface area contributed by atoms with Crippen molar-refractivity contribution in [2.75, 3.05) is 11.1 Å². The molecule has 0 unspecified atom stereocenters. The maximum atomic E-state index is 12.1. The number of rotatable bonds is 6. The maximum Gasteiger partial charge on any atom is 0.387 e. The van der Waals surface area contributed by atoms with E-state index in [1.807, 2.05) is 0 Å². The molecule has 0 saturated heterocycles. The first-order valence-electron chi connectivity index (χ1n) is 7.01.